The van der Waals surface area contributed by atoms with Crippen LogP contribution in [-0.4, -0.2) is 48.4 Å². The molecule has 0 N–H and O–H groups in total. The number of methoxy groups -OCH3 is 1. The fourth-order valence-electron chi connectivity index (χ4n) is 3.08. The molecule has 1 amide bonds. The molecule has 0 radical (unpaired) electrons. The molecule has 180 valence electrons. The molecule has 9 nitrogen and oxygen atoms in total. The number of carbonyl (C=O) groups excluding carboxylic acids is 2. The van der Waals surface area contributed by atoms with Crippen LogP contribution in [0.25, 0.3) is 10.9 Å². The van der Waals surface area contributed by atoms with Crippen LogP contribution in [0.2, 0.25) is 0 Å². The number of anilines is 1. The molecule has 0 atom stereocenters. The number of fused-ring (bicyclic) bond motifs is 1. The highest BCUT2D eigenvalue weighted by atomic mass is 16.6. The molecule has 1 aromatic carbocycles. The van der Waals surface area contributed by atoms with Crippen LogP contribution in [0.15, 0.2) is 42.7 Å². The van der Waals surface area contributed by atoms with Crippen molar-refractivity contribution in [2.45, 2.75) is 39.9 Å². The van der Waals surface area contributed by atoms with Crippen molar-refractivity contribution in [2.24, 2.45) is 0 Å². The number of hydrogen-bond donors (Lipinski definition) is 0. The summed E-state index contributed by atoms with van der Waals surface area (Å²) in [6.07, 6.45) is 2.51. The average molecular weight is 468 g/mol. The van der Waals surface area contributed by atoms with E-state index in [1.54, 1.807) is 54.1 Å². The van der Waals surface area contributed by atoms with E-state index in [1.807, 2.05) is 24.3 Å². The first kappa shape index (κ1) is 24.8. The highest BCUT2D eigenvalue weighted by Gasteiger charge is 2.24. The number of aromatic nitrogens is 2. The number of esters is 1. The Labute approximate surface area is 198 Å². The lowest BCUT2D eigenvalue weighted by Crippen LogP contribution is -2.34. The van der Waals surface area contributed by atoms with Crippen molar-refractivity contribution in [1.29, 1.82) is 0 Å². The summed E-state index contributed by atoms with van der Waals surface area (Å²) in [6.45, 7) is 7.45. The van der Waals surface area contributed by atoms with Crippen LogP contribution in [0, 0.1) is 0 Å². The van der Waals surface area contributed by atoms with E-state index in [1.165, 1.54) is 11.1 Å². The van der Waals surface area contributed by atoms with Gasteiger partial charge in [0.15, 0.2) is 0 Å². The minimum Gasteiger partial charge on any atom is -0.497 e. The molecule has 0 saturated carbocycles. The van der Waals surface area contributed by atoms with Gasteiger partial charge < -0.3 is 18.9 Å². The van der Waals surface area contributed by atoms with Gasteiger partial charge in [-0.2, -0.15) is 0 Å². The van der Waals surface area contributed by atoms with Crippen molar-refractivity contribution >= 4 is 28.7 Å². The minimum absolute atomic E-state index is 0.0896. The van der Waals surface area contributed by atoms with Gasteiger partial charge in [-0.05, 0) is 51.5 Å². The molecular weight excluding hydrogens is 438 g/mol. The van der Waals surface area contributed by atoms with Crippen LogP contribution >= 0.6 is 0 Å². The number of carbonyl (C=O) groups is 2. The van der Waals surface area contributed by atoms with Gasteiger partial charge in [0, 0.05) is 18.6 Å². The number of nitrogens with zero attached hydrogens (tertiary/aromatic N) is 3. The predicted molar refractivity (Wildman–Crippen MR) is 127 cm³/mol. The SMILES string of the molecule is CCOC(=O)c1cc2cncc(N(C)C(=O)OC(C)(C)C)c2nc1OCc1ccc(OC)cc1. The van der Waals surface area contributed by atoms with E-state index in [0.29, 0.717) is 16.6 Å². The van der Waals surface area contributed by atoms with Crippen molar-refractivity contribution in [3.63, 3.8) is 0 Å². The average Bonchev–Trinajstić information content (AvgIpc) is 2.80. The normalized spacial score (nSPS) is 11.1. The van der Waals surface area contributed by atoms with E-state index < -0.39 is 17.7 Å². The summed E-state index contributed by atoms with van der Waals surface area (Å²) >= 11 is 0. The Morgan fingerprint density at radius 2 is 1.79 bits per heavy atom. The molecule has 2 heterocycles. The molecule has 0 fully saturated rings. The molecule has 0 aliphatic heterocycles. The topological polar surface area (TPSA) is 100 Å². The highest BCUT2D eigenvalue weighted by molar-refractivity contribution is 6.02. The lowest BCUT2D eigenvalue weighted by molar-refractivity contribution is 0.0518. The summed E-state index contributed by atoms with van der Waals surface area (Å²) in [5.74, 6) is 0.251. The Kier molecular flexibility index (Phi) is 7.55. The van der Waals surface area contributed by atoms with Crippen molar-refractivity contribution in [1.82, 2.24) is 9.97 Å². The standard InChI is InChI=1S/C25H29N3O6/c1-7-32-23(29)19-12-17-13-26-14-20(28(5)24(30)34-25(2,3)4)21(17)27-22(19)33-15-16-8-10-18(31-6)11-9-16/h8-14H,7,15H2,1-6H3. The lowest BCUT2D eigenvalue weighted by Gasteiger charge is -2.25. The first-order valence-electron chi connectivity index (χ1n) is 10.8. The third-order valence-electron chi connectivity index (χ3n) is 4.73. The van der Waals surface area contributed by atoms with Crippen LogP contribution < -0.4 is 14.4 Å². The highest BCUT2D eigenvalue weighted by Crippen LogP contribution is 2.30. The van der Waals surface area contributed by atoms with Crippen molar-refractivity contribution in [3.05, 3.63) is 53.9 Å². The largest absolute Gasteiger partial charge is 0.497 e. The van der Waals surface area contributed by atoms with E-state index in [0.717, 1.165) is 11.3 Å². The molecule has 34 heavy (non-hydrogen) atoms. The molecule has 0 aliphatic carbocycles. The Morgan fingerprint density at radius 3 is 2.41 bits per heavy atom. The summed E-state index contributed by atoms with van der Waals surface area (Å²) < 4.78 is 21.8. The summed E-state index contributed by atoms with van der Waals surface area (Å²) in [4.78, 5) is 35.4. The molecule has 0 unspecified atom stereocenters. The van der Waals surface area contributed by atoms with E-state index >= 15 is 0 Å². The lowest BCUT2D eigenvalue weighted by atomic mass is 10.1. The van der Waals surface area contributed by atoms with Gasteiger partial charge in [-0.15, -0.1) is 0 Å². The Bertz CT molecular complexity index is 1170. The number of rotatable bonds is 7. The maximum Gasteiger partial charge on any atom is 0.414 e. The second-order valence-electron chi connectivity index (χ2n) is 8.47. The number of benzene rings is 1. The molecule has 3 aromatic rings. The van der Waals surface area contributed by atoms with Crippen molar-refractivity contribution < 1.29 is 28.5 Å². The molecule has 2 aromatic heterocycles. The van der Waals surface area contributed by atoms with Crippen LogP contribution in [0.4, 0.5) is 10.5 Å². The van der Waals surface area contributed by atoms with Gasteiger partial charge >= 0.3 is 12.1 Å². The maximum atomic E-state index is 12.6. The minimum atomic E-state index is -0.666. The second kappa shape index (κ2) is 10.4. The summed E-state index contributed by atoms with van der Waals surface area (Å²) in [5.41, 5.74) is 1.21. The number of pyridine rings is 2. The summed E-state index contributed by atoms with van der Waals surface area (Å²) in [5, 5.41) is 0.549. The molecule has 0 bridgehead atoms. The van der Waals surface area contributed by atoms with E-state index in [-0.39, 0.29) is 24.7 Å². The smallest absolute Gasteiger partial charge is 0.414 e. The first-order chi connectivity index (χ1) is 16.1. The Balaban J connectivity index is 2.01. The van der Waals surface area contributed by atoms with Crippen LogP contribution in [0.5, 0.6) is 11.6 Å². The van der Waals surface area contributed by atoms with Gasteiger partial charge in [0.25, 0.3) is 0 Å². The van der Waals surface area contributed by atoms with Crippen molar-refractivity contribution in [2.75, 3.05) is 25.7 Å². The van der Waals surface area contributed by atoms with Gasteiger partial charge in [0.05, 0.1) is 25.6 Å². The molecule has 0 saturated heterocycles. The van der Waals surface area contributed by atoms with E-state index in [9.17, 15) is 9.59 Å². The summed E-state index contributed by atoms with van der Waals surface area (Å²) in [6, 6.07) is 8.95. The fourth-order valence-corrected chi connectivity index (χ4v) is 3.08. The third kappa shape index (κ3) is 5.92. The second-order valence-corrected chi connectivity index (χ2v) is 8.47. The zero-order valence-electron chi connectivity index (χ0n) is 20.2. The summed E-state index contributed by atoms with van der Waals surface area (Å²) in [7, 11) is 3.17. The first-order valence-corrected chi connectivity index (χ1v) is 10.8. The predicted octanol–water partition coefficient (Wildman–Crippen LogP) is 4.77. The molecule has 3 rings (SSSR count). The zero-order valence-corrected chi connectivity index (χ0v) is 20.2. The van der Waals surface area contributed by atoms with Gasteiger partial charge in [-0.1, -0.05) is 12.1 Å². The van der Waals surface area contributed by atoms with E-state index in [2.05, 4.69) is 9.97 Å². The van der Waals surface area contributed by atoms with Gasteiger partial charge in [-0.25, -0.2) is 14.6 Å². The fraction of sp³-hybridized carbons (Fsp3) is 0.360. The Hall–Kier alpha value is -3.88. The number of hydrogen-bond acceptors (Lipinski definition) is 8. The molecular formula is C25H29N3O6. The third-order valence-corrected chi connectivity index (χ3v) is 4.73. The maximum absolute atomic E-state index is 12.6. The van der Waals surface area contributed by atoms with Crippen LogP contribution in [0.3, 0.4) is 0 Å². The van der Waals surface area contributed by atoms with Crippen molar-refractivity contribution in [3.8, 4) is 11.6 Å². The quantitative estimate of drug-likeness (QED) is 0.458. The Morgan fingerprint density at radius 1 is 1.09 bits per heavy atom. The van der Waals surface area contributed by atoms with Crippen LogP contribution in [-0.2, 0) is 16.1 Å². The molecule has 9 heteroatoms. The van der Waals surface area contributed by atoms with Crippen LogP contribution in [0.1, 0.15) is 43.6 Å². The monoisotopic (exact) mass is 467 g/mol. The number of ether oxygens (including phenoxy) is 4. The molecule has 0 spiro atoms. The van der Waals surface area contributed by atoms with Gasteiger partial charge in [0.1, 0.15) is 29.0 Å². The number of amides is 1. The van der Waals surface area contributed by atoms with Gasteiger partial charge in [0.2, 0.25) is 5.88 Å². The van der Waals surface area contributed by atoms with E-state index in [4.69, 9.17) is 18.9 Å². The zero-order chi connectivity index (χ0) is 24.9. The van der Waals surface area contributed by atoms with Gasteiger partial charge in [-0.3, -0.25) is 9.88 Å². The molecule has 0 aliphatic rings.